The maximum Gasteiger partial charge on any atom is 0.123 e. The minimum Gasteiger partial charge on any atom is -0.469 e. The van der Waals surface area contributed by atoms with E-state index in [-0.39, 0.29) is 5.82 Å². The van der Waals surface area contributed by atoms with Crippen molar-refractivity contribution in [3.8, 4) is 0 Å². The Bertz CT molecular complexity index is 464. The van der Waals surface area contributed by atoms with E-state index in [0.717, 1.165) is 37.3 Å². The maximum atomic E-state index is 12.9. The minimum atomic E-state index is -0.182. The highest BCUT2D eigenvalue weighted by molar-refractivity contribution is 5.17. The molecule has 0 saturated heterocycles. The number of nitrogens with one attached hydrogen (secondary N) is 1. The van der Waals surface area contributed by atoms with Gasteiger partial charge in [0.2, 0.25) is 0 Å². The Morgan fingerprint density at radius 3 is 2.58 bits per heavy atom. The van der Waals surface area contributed by atoms with E-state index < -0.39 is 0 Å². The van der Waals surface area contributed by atoms with Crippen LogP contribution in [0.4, 0.5) is 4.39 Å². The smallest absolute Gasteiger partial charge is 0.123 e. The molecule has 0 aliphatic rings. The van der Waals surface area contributed by atoms with Crippen molar-refractivity contribution < 1.29 is 8.81 Å². The van der Waals surface area contributed by atoms with E-state index in [4.69, 9.17) is 4.42 Å². The van der Waals surface area contributed by atoms with Crippen LogP contribution in [0.1, 0.15) is 18.2 Å². The highest BCUT2D eigenvalue weighted by Crippen LogP contribution is 2.15. The maximum absolute atomic E-state index is 12.9. The summed E-state index contributed by atoms with van der Waals surface area (Å²) in [6.45, 7) is 3.99. The van der Waals surface area contributed by atoms with E-state index in [1.54, 1.807) is 6.26 Å². The van der Waals surface area contributed by atoms with Gasteiger partial charge < -0.3 is 9.73 Å². The molecule has 102 valence electrons. The van der Waals surface area contributed by atoms with E-state index in [1.807, 2.05) is 24.3 Å². The van der Waals surface area contributed by atoms with Gasteiger partial charge in [-0.1, -0.05) is 19.1 Å². The fourth-order valence-electron chi connectivity index (χ4n) is 2.23. The van der Waals surface area contributed by atoms with Gasteiger partial charge in [-0.25, -0.2) is 4.39 Å². The van der Waals surface area contributed by atoms with Gasteiger partial charge in [-0.2, -0.15) is 0 Å². The molecular formula is C16H20FNO. The normalized spacial score (nSPS) is 12.5. The molecule has 0 spiro atoms. The molecule has 2 rings (SSSR count). The van der Waals surface area contributed by atoms with Crippen molar-refractivity contribution in [3.05, 3.63) is 59.8 Å². The molecule has 0 aliphatic heterocycles. The lowest BCUT2D eigenvalue weighted by Gasteiger charge is -2.16. The SMILES string of the molecule is CCNCC(Cc1ccc(F)cc1)Cc1ccco1. The third kappa shape index (κ3) is 4.52. The molecule has 2 nitrogen and oxygen atoms in total. The first-order valence-corrected chi connectivity index (χ1v) is 6.75. The van der Waals surface area contributed by atoms with Crippen LogP contribution in [0.15, 0.2) is 47.1 Å². The van der Waals surface area contributed by atoms with Gasteiger partial charge in [-0.3, -0.25) is 0 Å². The quantitative estimate of drug-likeness (QED) is 0.826. The summed E-state index contributed by atoms with van der Waals surface area (Å²) in [6, 6.07) is 10.7. The average molecular weight is 261 g/mol. The lowest BCUT2D eigenvalue weighted by Crippen LogP contribution is -2.25. The Morgan fingerprint density at radius 2 is 1.95 bits per heavy atom. The standard InChI is InChI=1S/C16H20FNO/c1-2-18-12-14(11-16-4-3-9-19-16)10-13-5-7-15(17)8-6-13/h3-9,14,18H,2,10-12H2,1H3. The molecule has 3 heteroatoms. The molecule has 1 atom stereocenters. The summed E-state index contributed by atoms with van der Waals surface area (Å²) in [6.07, 6.45) is 3.53. The van der Waals surface area contributed by atoms with Crippen molar-refractivity contribution in [2.24, 2.45) is 5.92 Å². The van der Waals surface area contributed by atoms with Crippen LogP contribution in [0.25, 0.3) is 0 Å². The van der Waals surface area contributed by atoms with Crippen LogP contribution in [0.3, 0.4) is 0 Å². The Morgan fingerprint density at radius 1 is 1.16 bits per heavy atom. The second-order valence-corrected chi connectivity index (χ2v) is 4.79. The molecule has 0 radical (unpaired) electrons. The van der Waals surface area contributed by atoms with Crippen molar-refractivity contribution in [2.45, 2.75) is 19.8 Å². The Labute approximate surface area is 113 Å². The molecular weight excluding hydrogens is 241 g/mol. The lowest BCUT2D eigenvalue weighted by atomic mass is 9.95. The zero-order valence-electron chi connectivity index (χ0n) is 11.2. The monoisotopic (exact) mass is 261 g/mol. The van der Waals surface area contributed by atoms with Gasteiger partial charge in [-0.05, 0) is 55.3 Å². The molecule has 19 heavy (non-hydrogen) atoms. The minimum absolute atomic E-state index is 0.182. The zero-order valence-corrected chi connectivity index (χ0v) is 11.2. The first-order chi connectivity index (χ1) is 9.28. The predicted molar refractivity (Wildman–Crippen MR) is 74.5 cm³/mol. The number of hydrogen-bond acceptors (Lipinski definition) is 2. The predicted octanol–water partition coefficient (Wildman–Crippen LogP) is 3.43. The first kappa shape index (κ1) is 13.8. The third-order valence-corrected chi connectivity index (χ3v) is 3.19. The summed E-state index contributed by atoms with van der Waals surface area (Å²) in [5.41, 5.74) is 1.16. The molecule has 0 aliphatic carbocycles. The van der Waals surface area contributed by atoms with Gasteiger partial charge in [0.1, 0.15) is 11.6 Å². The van der Waals surface area contributed by atoms with Crippen LogP contribution in [0, 0.1) is 11.7 Å². The zero-order chi connectivity index (χ0) is 13.5. The molecule has 1 N–H and O–H groups in total. The molecule has 1 aromatic carbocycles. The van der Waals surface area contributed by atoms with E-state index in [9.17, 15) is 4.39 Å². The van der Waals surface area contributed by atoms with Crippen molar-refractivity contribution in [1.82, 2.24) is 5.32 Å². The van der Waals surface area contributed by atoms with Crippen molar-refractivity contribution in [1.29, 1.82) is 0 Å². The molecule has 0 fully saturated rings. The lowest BCUT2D eigenvalue weighted by molar-refractivity contribution is 0.418. The van der Waals surface area contributed by atoms with E-state index in [1.165, 1.54) is 12.1 Å². The van der Waals surface area contributed by atoms with Crippen LogP contribution in [-0.4, -0.2) is 13.1 Å². The van der Waals surface area contributed by atoms with Crippen molar-refractivity contribution in [3.63, 3.8) is 0 Å². The van der Waals surface area contributed by atoms with Crippen LogP contribution in [0.5, 0.6) is 0 Å². The number of hydrogen-bond donors (Lipinski definition) is 1. The fourth-order valence-corrected chi connectivity index (χ4v) is 2.23. The first-order valence-electron chi connectivity index (χ1n) is 6.75. The summed E-state index contributed by atoms with van der Waals surface area (Å²) in [7, 11) is 0. The number of rotatable bonds is 7. The van der Waals surface area contributed by atoms with Crippen LogP contribution >= 0.6 is 0 Å². The van der Waals surface area contributed by atoms with Gasteiger partial charge in [-0.15, -0.1) is 0 Å². The van der Waals surface area contributed by atoms with Gasteiger partial charge >= 0.3 is 0 Å². The van der Waals surface area contributed by atoms with E-state index in [2.05, 4.69) is 12.2 Å². The summed E-state index contributed by atoms with van der Waals surface area (Å²) in [4.78, 5) is 0. The van der Waals surface area contributed by atoms with Crippen molar-refractivity contribution in [2.75, 3.05) is 13.1 Å². The van der Waals surface area contributed by atoms with Crippen LogP contribution in [0.2, 0.25) is 0 Å². The molecule has 1 heterocycles. The molecule has 0 amide bonds. The number of furan rings is 1. The van der Waals surface area contributed by atoms with Crippen LogP contribution in [-0.2, 0) is 12.8 Å². The second-order valence-electron chi connectivity index (χ2n) is 4.79. The molecule has 1 unspecified atom stereocenters. The summed E-state index contributed by atoms with van der Waals surface area (Å²) >= 11 is 0. The van der Waals surface area contributed by atoms with Gasteiger partial charge in [0.05, 0.1) is 6.26 Å². The Balaban J connectivity index is 1.98. The van der Waals surface area contributed by atoms with Crippen molar-refractivity contribution >= 4 is 0 Å². The summed E-state index contributed by atoms with van der Waals surface area (Å²) < 4.78 is 18.3. The Kier molecular flexibility index (Phi) is 5.16. The highest BCUT2D eigenvalue weighted by Gasteiger charge is 2.12. The van der Waals surface area contributed by atoms with Gasteiger partial charge in [0.25, 0.3) is 0 Å². The number of benzene rings is 1. The summed E-state index contributed by atoms with van der Waals surface area (Å²) in [5, 5.41) is 3.38. The largest absolute Gasteiger partial charge is 0.469 e. The molecule has 2 aromatic rings. The summed E-state index contributed by atoms with van der Waals surface area (Å²) in [5.74, 6) is 1.28. The second kappa shape index (κ2) is 7.10. The Hall–Kier alpha value is -1.61. The molecule has 0 saturated carbocycles. The molecule has 1 aromatic heterocycles. The van der Waals surface area contributed by atoms with Crippen LogP contribution < -0.4 is 5.32 Å². The van der Waals surface area contributed by atoms with E-state index in [0.29, 0.717) is 5.92 Å². The van der Waals surface area contributed by atoms with Gasteiger partial charge in [0.15, 0.2) is 0 Å². The third-order valence-electron chi connectivity index (χ3n) is 3.19. The van der Waals surface area contributed by atoms with Gasteiger partial charge in [0, 0.05) is 6.42 Å². The highest BCUT2D eigenvalue weighted by atomic mass is 19.1. The molecule has 0 bridgehead atoms. The topological polar surface area (TPSA) is 25.2 Å². The van der Waals surface area contributed by atoms with E-state index >= 15 is 0 Å². The average Bonchev–Trinajstić information content (AvgIpc) is 2.91. The fraction of sp³-hybridized carbons (Fsp3) is 0.375. The number of halogens is 1.